The van der Waals surface area contributed by atoms with E-state index in [0.29, 0.717) is 0 Å². The maximum absolute atomic E-state index is 4.71. The van der Waals surface area contributed by atoms with Crippen molar-refractivity contribution in [1.29, 1.82) is 0 Å². The van der Waals surface area contributed by atoms with Gasteiger partial charge in [0.2, 0.25) is 0 Å². The summed E-state index contributed by atoms with van der Waals surface area (Å²) in [5, 5.41) is 0. The molecular formula is C8H13NO2. The van der Waals surface area contributed by atoms with Crippen molar-refractivity contribution >= 4 is 6.40 Å². The molecule has 0 unspecified atom stereocenters. The largest absolute Gasteiger partial charge is 0.504 e. The number of hydrogen-bond acceptors (Lipinski definition) is 3. The van der Waals surface area contributed by atoms with Gasteiger partial charge in [0.15, 0.2) is 6.40 Å². The molecular weight excluding hydrogens is 142 g/mol. The summed E-state index contributed by atoms with van der Waals surface area (Å²) in [6, 6.07) is 0. The summed E-state index contributed by atoms with van der Waals surface area (Å²) in [5.41, 5.74) is 1.00. The van der Waals surface area contributed by atoms with E-state index in [2.05, 4.69) is 9.73 Å². The lowest BCUT2D eigenvalue weighted by Crippen LogP contribution is -1.74. The predicted molar refractivity (Wildman–Crippen MR) is 45.4 cm³/mol. The van der Waals surface area contributed by atoms with Gasteiger partial charge in [-0.25, -0.2) is 4.99 Å². The summed E-state index contributed by atoms with van der Waals surface area (Å²) in [6.45, 7) is 1.92. The minimum atomic E-state index is 1.00. The van der Waals surface area contributed by atoms with E-state index < -0.39 is 0 Å². The molecule has 0 bridgehead atoms. The van der Waals surface area contributed by atoms with Crippen molar-refractivity contribution in [2.45, 2.75) is 6.92 Å². The highest BCUT2D eigenvalue weighted by molar-refractivity contribution is 5.47. The van der Waals surface area contributed by atoms with Crippen LogP contribution in [0.25, 0.3) is 0 Å². The zero-order valence-corrected chi connectivity index (χ0v) is 7.07. The van der Waals surface area contributed by atoms with E-state index in [0.717, 1.165) is 5.57 Å². The second-order valence-corrected chi connectivity index (χ2v) is 1.90. The van der Waals surface area contributed by atoms with Crippen LogP contribution in [0.3, 0.4) is 0 Å². The van der Waals surface area contributed by atoms with Gasteiger partial charge in [0.1, 0.15) is 0 Å². The van der Waals surface area contributed by atoms with Gasteiger partial charge in [0.05, 0.1) is 20.5 Å². The molecule has 0 atom stereocenters. The highest BCUT2D eigenvalue weighted by Gasteiger charge is 1.77. The Balaban J connectivity index is 3.80. The lowest BCUT2D eigenvalue weighted by molar-refractivity contribution is 0.338. The minimum Gasteiger partial charge on any atom is -0.504 e. The first-order valence-electron chi connectivity index (χ1n) is 3.21. The topological polar surface area (TPSA) is 30.8 Å². The Morgan fingerprint density at radius 1 is 1.27 bits per heavy atom. The molecule has 3 heteroatoms. The van der Waals surface area contributed by atoms with Crippen LogP contribution in [0.4, 0.5) is 0 Å². The average molecular weight is 155 g/mol. The Hall–Kier alpha value is -1.25. The molecule has 0 rings (SSSR count). The first-order chi connectivity index (χ1) is 5.31. The van der Waals surface area contributed by atoms with Gasteiger partial charge in [-0.1, -0.05) is 0 Å². The Kier molecular flexibility index (Phi) is 6.08. The van der Waals surface area contributed by atoms with E-state index in [-0.39, 0.29) is 0 Å². The second-order valence-electron chi connectivity index (χ2n) is 1.90. The van der Waals surface area contributed by atoms with Crippen molar-refractivity contribution in [1.82, 2.24) is 0 Å². The molecule has 0 N–H and O–H groups in total. The fourth-order valence-electron chi connectivity index (χ4n) is 0.427. The third-order valence-corrected chi connectivity index (χ3v) is 0.911. The Morgan fingerprint density at radius 3 is 2.55 bits per heavy atom. The average Bonchev–Trinajstić information content (AvgIpc) is 2.01. The summed E-state index contributed by atoms with van der Waals surface area (Å²) in [4.78, 5) is 3.83. The molecule has 0 aromatic rings. The van der Waals surface area contributed by atoms with Crippen LogP contribution in [0.15, 0.2) is 29.1 Å². The van der Waals surface area contributed by atoms with Gasteiger partial charge >= 0.3 is 0 Å². The lowest BCUT2D eigenvalue weighted by Gasteiger charge is -1.88. The standard InChI is InChI=1S/C8H13NO2/c1-8(4-5-10-2)6-9-7-11-3/h4-7H,1-3H3/b5-4+,8-6-,9-7?. The Bertz CT molecular complexity index is 171. The van der Waals surface area contributed by atoms with Crippen molar-refractivity contribution in [3.63, 3.8) is 0 Å². The van der Waals surface area contributed by atoms with Gasteiger partial charge < -0.3 is 9.47 Å². The number of hydrogen-bond donors (Lipinski definition) is 0. The summed E-state index contributed by atoms with van der Waals surface area (Å²) < 4.78 is 9.32. The molecule has 0 spiro atoms. The molecule has 0 heterocycles. The maximum atomic E-state index is 4.71. The predicted octanol–water partition coefficient (Wildman–Crippen LogP) is 1.72. The summed E-state index contributed by atoms with van der Waals surface area (Å²) >= 11 is 0. The van der Waals surface area contributed by atoms with Crippen molar-refractivity contribution in [3.05, 3.63) is 24.1 Å². The zero-order valence-electron chi connectivity index (χ0n) is 7.07. The first kappa shape index (κ1) is 9.75. The molecule has 0 saturated carbocycles. The van der Waals surface area contributed by atoms with Crippen molar-refractivity contribution in [2.24, 2.45) is 4.99 Å². The van der Waals surface area contributed by atoms with E-state index in [9.17, 15) is 0 Å². The van der Waals surface area contributed by atoms with E-state index in [1.54, 1.807) is 26.7 Å². The molecule has 0 amide bonds. The van der Waals surface area contributed by atoms with Gasteiger partial charge in [-0.05, 0) is 18.6 Å². The molecule has 0 aliphatic heterocycles. The maximum Gasteiger partial charge on any atom is 0.173 e. The van der Waals surface area contributed by atoms with Crippen LogP contribution in [-0.4, -0.2) is 20.6 Å². The fraction of sp³-hybridized carbons (Fsp3) is 0.375. The van der Waals surface area contributed by atoms with Crippen LogP contribution in [-0.2, 0) is 9.47 Å². The summed E-state index contributed by atoms with van der Waals surface area (Å²) in [5.74, 6) is 0. The quantitative estimate of drug-likeness (QED) is 0.268. The molecule has 0 radical (unpaired) electrons. The van der Waals surface area contributed by atoms with Gasteiger partial charge in [-0.3, -0.25) is 0 Å². The molecule has 3 nitrogen and oxygen atoms in total. The van der Waals surface area contributed by atoms with E-state index in [4.69, 9.17) is 4.74 Å². The monoisotopic (exact) mass is 155 g/mol. The normalized spacial score (nSPS) is 12.8. The molecule has 0 aromatic heterocycles. The van der Waals surface area contributed by atoms with E-state index >= 15 is 0 Å². The van der Waals surface area contributed by atoms with Gasteiger partial charge in [-0.2, -0.15) is 0 Å². The van der Waals surface area contributed by atoms with Crippen LogP contribution in [0.1, 0.15) is 6.92 Å². The van der Waals surface area contributed by atoms with Crippen molar-refractivity contribution in [3.8, 4) is 0 Å². The highest BCUT2D eigenvalue weighted by Crippen LogP contribution is 1.94. The summed E-state index contributed by atoms with van der Waals surface area (Å²) in [7, 11) is 3.15. The third kappa shape index (κ3) is 6.64. The van der Waals surface area contributed by atoms with E-state index in [1.807, 2.05) is 13.0 Å². The van der Waals surface area contributed by atoms with Crippen LogP contribution in [0.2, 0.25) is 0 Å². The number of ether oxygens (including phenoxy) is 2. The van der Waals surface area contributed by atoms with Gasteiger partial charge in [0.25, 0.3) is 0 Å². The number of nitrogens with zero attached hydrogens (tertiary/aromatic N) is 1. The van der Waals surface area contributed by atoms with Gasteiger partial charge in [0, 0.05) is 6.20 Å². The van der Waals surface area contributed by atoms with Crippen LogP contribution < -0.4 is 0 Å². The smallest absolute Gasteiger partial charge is 0.173 e. The molecule has 0 aliphatic rings. The number of allylic oxidation sites excluding steroid dienone is 2. The molecule has 0 aromatic carbocycles. The number of methoxy groups -OCH3 is 2. The summed E-state index contributed by atoms with van der Waals surface area (Å²) in [6.07, 6.45) is 6.45. The Labute approximate surface area is 67.0 Å². The van der Waals surface area contributed by atoms with Crippen LogP contribution in [0.5, 0.6) is 0 Å². The Morgan fingerprint density at radius 2 is 2.00 bits per heavy atom. The van der Waals surface area contributed by atoms with E-state index in [1.165, 1.54) is 6.40 Å². The van der Waals surface area contributed by atoms with Crippen molar-refractivity contribution < 1.29 is 9.47 Å². The fourth-order valence-corrected chi connectivity index (χ4v) is 0.427. The zero-order chi connectivity index (χ0) is 8.53. The minimum absolute atomic E-state index is 1.00. The molecule has 0 aliphatic carbocycles. The molecule has 0 fully saturated rings. The number of aliphatic imine (C=N–C) groups is 1. The lowest BCUT2D eigenvalue weighted by atomic mass is 10.3. The van der Waals surface area contributed by atoms with Crippen molar-refractivity contribution in [2.75, 3.05) is 14.2 Å². The van der Waals surface area contributed by atoms with Gasteiger partial charge in [-0.15, -0.1) is 0 Å². The SMILES string of the molecule is COC=N/C=C(C)\C=C\OC. The highest BCUT2D eigenvalue weighted by atomic mass is 16.5. The van der Waals surface area contributed by atoms with Crippen LogP contribution >= 0.6 is 0 Å². The third-order valence-electron chi connectivity index (χ3n) is 0.911. The molecule has 0 saturated heterocycles. The molecule has 62 valence electrons. The first-order valence-corrected chi connectivity index (χ1v) is 3.21. The molecule has 11 heavy (non-hydrogen) atoms. The van der Waals surface area contributed by atoms with Crippen LogP contribution in [0, 0.1) is 0 Å². The number of rotatable bonds is 4. The second kappa shape index (κ2) is 6.86.